The molecule has 0 unspecified atom stereocenters. The van der Waals surface area contributed by atoms with Gasteiger partial charge in [0.05, 0.1) is 5.75 Å². The number of amides is 2. The average molecular weight is 527 g/mol. The first-order valence-electron chi connectivity index (χ1n) is 11.5. The topological polar surface area (TPSA) is 132 Å². The van der Waals surface area contributed by atoms with E-state index < -0.39 is 55.1 Å². The molecule has 10 nitrogen and oxygen atoms in total. The second-order valence-corrected chi connectivity index (χ2v) is 14.0. The van der Waals surface area contributed by atoms with Gasteiger partial charge in [0.1, 0.15) is 28.4 Å². The van der Waals surface area contributed by atoms with E-state index in [2.05, 4.69) is 4.99 Å². The number of sulfone groups is 1. The molecule has 1 fully saturated rings. The van der Waals surface area contributed by atoms with Gasteiger partial charge < -0.3 is 20.1 Å². The van der Waals surface area contributed by atoms with E-state index >= 15 is 0 Å². The lowest BCUT2D eigenvalue weighted by Gasteiger charge is -2.53. The number of carbonyl (C=O) groups is 2. The maximum absolute atomic E-state index is 15.0. The van der Waals surface area contributed by atoms with Crippen LogP contribution in [0.5, 0.6) is 0 Å². The number of hydrogen-bond donors (Lipinski definition) is 1. The summed E-state index contributed by atoms with van der Waals surface area (Å²) in [7, 11) is -2.39. The van der Waals surface area contributed by atoms with E-state index in [1.807, 2.05) is 0 Å². The maximum Gasteiger partial charge on any atom is 0.425 e. The smallest absolute Gasteiger partial charge is 0.425 e. The first-order chi connectivity index (χ1) is 16.2. The van der Waals surface area contributed by atoms with Crippen molar-refractivity contribution in [2.24, 2.45) is 4.99 Å². The van der Waals surface area contributed by atoms with Gasteiger partial charge in [0.15, 0.2) is 14.6 Å². The maximum atomic E-state index is 15.0. The summed E-state index contributed by atoms with van der Waals surface area (Å²) >= 11 is 0. The minimum Gasteiger partial charge on any atom is -0.443 e. The van der Waals surface area contributed by atoms with E-state index in [0.29, 0.717) is 4.90 Å². The highest BCUT2D eigenvalue weighted by molar-refractivity contribution is 7.93. The Morgan fingerprint density at radius 2 is 1.58 bits per heavy atom. The Morgan fingerprint density at radius 3 is 2.03 bits per heavy atom. The molecule has 200 valence electrons. The van der Waals surface area contributed by atoms with Crippen molar-refractivity contribution in [3.05, 3.63) is 29.6 Å². The van der Waals surface area contributed by atoms with Gasteiger partial charge in [0, 0.05) is 24.3 Å². The molecule has 1 saturated heterocycles. The summed E-state index contributed by atoms with van der Waals surface area (Å²) in [5, 5.41) is 0. The quantitative estimate of drug-likeness (QED) is 0.552. The number of likely N-dealkylation sites (tertiary alicyclic amines) is 1. The molecular weight excluding hydrogens is 491 g/mol. The van der Waals surface area contributed by atoms with Crippen LogP contribution in [0.25, 0.3) is 0 Å². The standard InChI is InChI=1S/C24H35FN4O6S/c1-21(2,3)34-19(30)29(20(31)35-22(4,5)6)18-24(12-28(8)13-24)36(32,33)14-23(7,27-18)16-11-15(26)9-10-17(16)25/h9-11H,12-14,26H2,1-8H3/t23-/m0/s1. The fraction of sp³-hybridized carbons (Fsp3) is 0.625. The molecule has 3 rings (SSSR count). The summed E-state index contributed by atoms with van der Waals surface area (Å²) in [4.78, 5) is 33.7. The van der Waals surface area contributed by atoms with Crippen LogP contribution in [0.1, 0.15) is 54.0 Å². The Labute approximate surface area is 211 Å². The molecule has 2 heterocycles. The van der Waals surface area contributed by atoms with Crippen molar-refractivity contribution in [1.82, 2.24) is 9.80 Å². The van der Waals surface area contributed by atoms with E-state index in [1.165, 1.54) is 19.1 Å². The monoisotopic (exact) mass is 526 g/mol. The molecule has 1 aromatic carbocycles. The highest BCUT2D eigenvalue weighted by atomic mass is 32.2. The van der Waals surface area contributed by atoms with Crippen molar-refractivity contribution in [1.29, 1.82) is 0 Å². The van der Waals surface area contributed by atoms with Gasteiger partial charge >= 0.3 is 12.2 Å². The molecule has 0 radical (unpaired) electrons. The molecular formula is C24H35FN4O6S. The van der Waals surface area contributed by atoms with Crippen LogP contribution in [0.2, 0.25) is 0 Å². The molecule has 2 aliphatic rings. The van der Waals surface area contributed by atoms with Crippen LogP contribution in [-0.2, 0) is 24.8 Å². The minimum atomic E-state index is -4.09. The summed E-state index contributed by atoms with van der Waals surface area (Å²) < 4.78 is 51.9. The Morgan fingerprint density at radius 1 is 1.08 bits per heavy atom. The van der Waals surface area contributed by atoms with Gasteiger partial charge in [-0.3, -0.25) is 4.99 Å². The number of carbonyl (C=O) groups excluding carboxylic acids is 2. The zero-order chi connectivity index (χ0) is 27.5. The number of halogens is 1. The number of nitrogen functional groups attached to an aromatic ring is 1. The van der Waals surface area contributed by atoms with E-state index in [0.717, 1.165) is 6.07 Å². The van der Waals surface area contributed by atoms with Gasteiger partial charge in [-0.2, -0.15) is 4.90 Å². The fourth-order valence-corrected chi connectivity index (χ4v) is 6.87. The lowest BCUT2D eigenvalue weighted by molar-refractivity contribution is 0.0127. The van der Waals surface area contributed by atoms with Crippen molar-refractivity contribution >= 4 is 33.5 Å². The van der Waals surface area contributed by atoms with E-state index in [9.17, 15) is 22.4 Å². The van der Waals surface area contributed by atoms with Gasteiger partial charge in [-0.25, -0.2) is 22.4 Å². The van der Waals surface area contributed by atoms with E-state index in [4.69, 9.17) is 15.2 Å². The lowest BCUT2D eigenvalue weighted by Crippen LogP contribution is -2.75. The fourth-order valence-electron chi connectivity index (χ4n) is 4.39. The van der Waals surface area contributed by atoms with Gasteiger partial charge in [-0.15, -0.1) is 0 Å². The second-order valence-electron chi connectivity index (χ2n) is 11.7. The molecule has 2 N–H and O–H groups in total. The second kappa shape index (κ2) is 8.69. The molecule has 0 aliphatic carbocycles. The summed E-state index contributed by atoms with van der Waals surface area (Å²) in [5.74, 6) is -1.62. The highest BCUT2D eigenvalue weighted by Crippen LogP contribution is 2.44. The van der Waals surface area contributed by atoms with Gasteiger partial charge in [-0.05, 0) is 73.7 Å². The summed E-state index contributed by atoms with van der Waals surface area (Å²) in [6, 6.07) is 3.78. The number of rotatable bonds is 1. The average Bonchev–Trinajstić information content (AvgIpc) is 2.62. The molecule has 2 aliphatic heterocycles. The SMILES string of the molecule is CN1CC2(C1)C(N(C(=O)OC(C)(C)C)C(=O)OC(C)(C)C)=N[C@](C)(c1cc(N)ccc1F)CS2(=O)=O. The Kier molecular flexibility index (Phi) is 6.72. The van der Waals surface area contributed by atoms with Crippen molar-refractivity contribution in [3.8, 4) is 0 Å². The number of aliphatic imine (C=N–C) groups is 1. The number of nitrogens with two attached hydrogens (primary N) is 1. The number of nitrogens with zero attached hydrogens (tertiary/aromatic N) is 3. The minimum absolute atomic E-state index is 0.0221. The van der Waals surface area contributed by atoms with Gasteiger partial charge in [0.25, 0.3) is 0 Å². The summed E-state index contributed by atoms with van der Waals surface area (Å²) in [6.45, 7) is 11.0. The van der Waals surface area contributed by atoms with E-state index in [-0.39, 0.29) is 30.2 Å². The highest BCUT2D eigenvalue weighted by Gasteiger charge is 2.64. The Hall–Kier alpha value is -2.73. The summed E-state index contributed by atoms with van der Waals surface area (Å²) in [6.07, 6.45) is -2.28. The lowest BCUT2D eigenvalue weighted by atomic mass is 9.90. The van der Waals surface area contributed by atoms with E-state index in [1.54, 1.807) is 53.5 Å². The third-order valence-corrected chi connectivity index (χ3v) is 8.39. The number of anilines is 1. The van der Waals surface area contributed by atoms with Crippen LogP contribution in [0.3, 0.4) is 0 Å². The Balaban J connectivity index is 2.31. The molecule has 0 aromatic heterocycles. The number of benzene rings is 1. The largest absolute Gasteiger partial charge is 0.443 e. The molecule has 2 amide bonds. The molecule has 1 atom stereocenters. The van der Waals surface area contributed by atoms with Crippen LogP contribution in [-0.4, -0.2) is 78.1 Å². The van der Waals surface area contributed by atoms with Crippen LogP contribution >= 0.6 is 0 Å². The third-order valence-electron chi connectivity index (χ3n) is 5.81. The first kappa shape index (κ1) is 27.9. The number of ether oxygens (including phenoxy) is 2. The van der Waals surface area contributed by atoms with Gasteiger partial charge in [0.2, 0.25) is 0 Å². The molecule has 0 saturated carbocycles. The predicted molar refractivity (Wildman–Crippen MR) is 134 cm³/mol. The Bertz CT molecular complexity index is 1180. The number of amidine groups is 1. The predicted octanol–water partition coefficient (Wildman–Crippen LogP) is 3.31. The molecule has 1 aromatic rings. The van der Waals surface area contributed by atoms with Crippen LogP contribution < -0.4 is 5.73 Å². The van der Waals surface area contributed by atoms with Crippen LogP contribution in [0.4, 0.5) is 19.7 Å². The summed E-state index contributed by atoms with van der Waals surface area (Å²) in [5.41, 5.74) is 2.29. The molecule has 36 heavy (non-hydrogen) atoms. The first-order valence-corrected chi connectivity index (χ1v) is 13.2. The zero-order valence-corrected chi connectivity index (χ0v) is 22.8. The molecule has 1 spiro atoms. The van der Waals surface area contributed by atoms with Crippen molar-refractivity contribution < 1.29 is 31.9 Å². The van der Waals surface area contributed by atoms with Crippen molar-refractivity contribution in [2.75, 3.05) is 31.6 Å². The number of hydrogen-bond acceptors (Lipinski definition) is 9. The van der Waals surface area contributed by atoms with Gasteiger partial charge in [-0.1, -0.05) is 0 Å². The zero-order valence-electron chi connectivity index (χ0n) is 22.0. The normalized spacial score (nSPS) is 23.4. The molecule has 12 heteroatoms. The van der Waals surface area contributed by atoms with Crippen molar-refractivity contribution in [2.45, 2.75) is 70.0 Å². The molecule has 0 bridgehead atoms. The van der Waals surface area contributed by atoms with Crippen LogP contribution in [0, 0.1) is 5.82 Å². The third kappa shape index (κ3) is 5.19. The van der Waals surface area contributed by atoms with Crippen molar-refractivity contribution in [3.63, 3.8) is 0 Å². The number of imide groups is 1. The van der Waals surface area contributed by atoms with Crippen LogP contribution in [0.15, 0.2) is 23.2 Å².